The average Bonchev–Trinajstić information content (AvgIpc) is 2.61. The van der Waals surface area contributed by atoms with Gasteiger partial charge in [0.15, 0.2) is 0 Å². The van der Waals surface area contributed by atoms with Crippen LogP contribution in [0, 0.1) is 0 Å². The van der Waals surface area contributed by atoms with E-state index < -0.39 is 16.8 Å². The molecule has 0 saturated heterocycles. The Hall–Kier alpha value is -3.26. The van der Waals surface area contributed by atoms with E-state index >= 15 is 0 Å². The van der Waals surface area contributed by atoms with Crippen molar-refractivity contribution in [3.8, 4) is 11.4 Å². The molecule has 27 heavy (non-hydrogen) atoms. The van der Waals surface area contributed by atoms with Crippen molar-refractivity contribution in [2.75, 3.05) is 0 Å². The van der Waals surface area contributed by atoms with Gasteiger partial charge in [-0.25, -0.2) is 9.36 Å². The van der Waals surface area contributed by atoms with E-state index in [0.29, 0.717) is 5.39 Å². The molecule has 0 aliphatic carbocycles. The van der Waals surface area contributed by atoms with Crippen LogP contribution in [-0.2, 0) is 0 Å². The molecule has 0 fully saturated rings. The highest BCUT2D eigenvalue weighted by Crippen LogP contribution is 2.26. The molecule has 0 aliphatic heterocycles. The van der Waals surface area contributed by atoms with Gasteiger partial charge in [0.05, 0.1) is 22.8 Å². The molecule has 0 aliphatic rings. The molecule has 0 unspecified atom stereocenters. The Labute approximate surface area is 154 Å². The molecule has 2 heterocycles. The lowest BCUT2D eigenvalue weighted by atomic mass is 10.1. The van der Waals surface area contributed by atoms with E-state index in [1.54, 1.807) is 30.5 Å². The van der Waals surface area contributed by atoms with Gasteiger partial charge in [-0.2, -0.15) is 0 Å². The van der Waals surface area contributed by atoms with Gasteiger partial charge in [0.1, 0.15) is 5.75 Å². The van der Waals surface area contributed by atoms with Gasteiger partial charge in [0.2, 0.25) is 0 Å². The lowest BCUT2D eigenvalue weighted by Crippen LogP contribution is -2.33. The number of fused-ring (bicyclic) bond motifs is 2. The third-order valence-corrected chi connectivity index (χ3v) is 4.07. The third-order valence-electron chi connectivity index (χ3n) is 3.99. The summed E-state index contributed by atoms with van der Waals surface area (Å²) in [5, 5.41) is 1.36. The smallest absolute Gasteiger partial charge is 0.420 e. The van der Waals surface area contributed by atoms with Crippen molar-refractivity contribution in [1.82, 2.24) is 14.5 Å². The van der Waals surface area contributed by atoms with E-state index in [1.807, 2.05) is 0 Å². The van der Waals surface area contributed by atoms with Crippen LogP contribution in [0.15, 0.2) is 64.4 Å². The number of rotatable bonds is 3. The monoisotopic (exact) mass is 389 g/mol. The van der Waals surface area contributed by atoms with E-state index in [1.165, 1.54) is 18.3 Å². The minimum absolute atomic E-state index is 0.0130. The van der Waals surface area contributed by atoms with Crippen molar-refractivity contribution in [1.29, 1.82) is 0 Å². The van der Waals surface area contributed by atoms with Gasteiger partial charge in [0, 0.05) is 28.6 Å². The number of benzene rings is 2. The van der Waals surface area contributed by atoms with Gasteiger partial charge in [-0.15, -0.1) is 8.78 Å². The van der Waals surface area contributed by atoms with Crippen molar-refractivity contribution in [2.24, 2.45) is 0 Å². The predicted octanol–water partition coefficient (Wildman–Crippen LogP) is 3.40. The number of hydrogen-bond acceptors (Lipinski definition) is 4. The molecular formula is C18H10ClF2N3O3. The van der Waals surface area contributed by atoms with Crippen LogP contribution in [0.1, 0.15) is 0 Å². The number of halogens is 3. The summed E-state index contributed by atoms with van der Waals surface area (Å²) in [6, 6.07) is 10.7. The van der Waals surface area contributed by atoms with Crippen molar-refractivity contribution >= 4 is 33.3 Å². The van der Waals surface area contributed by atoms with Crippen LogP contribution in [0.4, 0.5) is 8.78 Å². The molecule has 136 valence electrons. The van der Waals surface area contributed by atoms with Crippen molar-refractivity contribution in [2.45, 2.75) is 5.57 Å². The Kier molecular flexibility index (Phi) is 3.92. The van der Waals surface area contributed by atoms with Crippen LogP contribution in [0.25, 0.3) is 27.4 Å². The largest absolute Gasteiger partial charge is 0.487 e. The lowest BCUT2D eigenvalue weighted by molar-refractivity contribution is -0.0964. The molecule has 9 heteroatoms. The molecule has 0 saturated carbocycles. The van der Waals surface area contributed by atoms with Crippen molar-refractivity contribution in [3.05, 3.63) is 75.7 Å². The molecule has 6 nitrogen and oxygen atoms in total. The molecule has 0 amide bonds. The van der Waals surface area contributed by atoms with Gasteiger partial charge in [-0.05, 0) is 18.2 Å². The summed E-state index contributed by atoms with van der Waals surface area (Å²) in [4.78, 5) is 32.1. The van der Waals surface area contributed by atoms with E-state index in [0.717, 1.165) is 16.0 Å². The first-order chi connectivity index (χ1) is 12.8. The molecule has 2 aromatic heterocycles. The number of aromatic amines is 1. The average molecular weight is 390 g/mol. The number of nitrogens with one attached hydrogen (secondary N) is 1. The minimum atomic E-state index is -3.92. The minimum Gasteiger partial charge on any atom is -0.420 e. The second kappa shape index (κ2) is 6.17. The topological polar surface area (TPSA) is 77.0 Å². The second-order valence-corrected chi connectivity index (χ2v) is 6.15. The maximum atomic E-state index is 13.0. The molecule has 0 bridgehead atoms. The Bertz CT molecular complexity index is 1290. The van der Waals surface area contributed by atoms with Gasteiger partial charge in [-0.3, -0.25) is 9.78 Å². The first kappa shape index (κ1) is 17.2. The Morgan fingerprint density at radius 2 is 1.85 bits per heavy atom. The third kappa shape index (κ3) is 3.15. The predicted molar refractivity (Wildman–Crippen MR) is 96.9 cm³/mol. The highest BCUT2D eigenvalue weighted by atomic mass is 35.5. The highest BCUT2D eigenvalue weighted by molar-refractivity contribution is 6.20. The molecule has 0 radical (unpaired) electrons. The zero-order valence-corrected chi connectivity index (χ0v) is 14.2. The molecule has 4 rings (SSSR count). The molecule has 1 N–H and O–H groups in total. The van der Waals surface area contributed by atoms with Crippen LogP contribution in [0.2, 0.25) is 0 Å². The van der Waals surface area contributed by atoms with Crippen LogP contribution in [-0.4, -0.2) is 20.1 Å². The van der Waals surface area contributed by atoms with Gasteiger partial charge in [-0.1, -0.05) is 24.3 Å². The molecule has 0 spiro atoms. The van der Waals surface area contributed by atoms with Crippen molar-refractivity contribution < 1.29 is 13.5 Å². The summed E-state index contributed by atoms with van der Waals surface area (Å²) < 4.78 is 31.0. The number of pyridine rings is 1. The fourth-order valence-electron chi connectivity index (χ4n) is 2.89. The number of ether oxygens (including phenoxy) is 1. The first-order valence-electron chi connectivity index (χ1n) is 7.71. The SMILES string of the molecule is O=c1[nH]c2ccc(OC(F)(F)Cl)cc2c(=O)n1-c1cncc2ccccc12. The maximum absolute atomic E-state index is 13.0. The molecular weight excluding hydrogens is 380 g/mol. The number of alkyl halides is 3. The summed E-state index contributed by atoms with van der Waals surface area (Å²) in [5.74, 6) is -0.311. The summed E-state index contributed by atoms with van der Waals surface area (Å²) in [6.45, 7) is 0. The van der Waals surface area contributed by atoms with Crippen LogP contribution >= 0.6 is 11.6 Å². The van der Waals surface area contributed by atoms with Crippen LogP contribution < -0.4 is 16.0 Å². The summed E-state index contributed by atoms with van der Waals surface area (Å²) in [5.41, 5.74) is -4.85. The fraction of sp³-hybridized carbons (Fsp3) is 0.0556. The van der Waals surface area contributed by atoms with Crippen LogP contribution in [0.3, 0.4) is 0 Å². The highest BCUT2D eigenvalue weighted by Gasteiger charge is 2.27. The fourth-order valence-corrected chi connectivity index (χ4v) is 2.98. The quantitative estimate of drug-likeness (QED) is 0.545. The number of aromatic nitrogens is 3. The first-order valence-corrected chi connectivity index (χ1v) is 8.09. The van der Waals surface area contributed by atoms with Gasteiger partial charge in [0.25, 0.3) is 5.56 Å². The zero-order valence-electron chi connectivity index (χ0n) is 13.4. The molecule has 0 atom stereocenters. The number of H-pyrrole nitrogens is 1. The van der Waals surface area contributed by atoms with Gasteiger partial charge < -0.3 is 9.72 Å². The second-order valence-electron chi connectivity index (χ2n) is 5.71. The standard InChI is InChI=1S/C18H10ClF2N3O3/c19-18(20,21)27-11-5-6-14-13(7-11)16(25)24(17(26)23-14)15-9-22-8-10-3-1-2-4-12(10)15/h1-9H,(H,23,26). The zero-order chi connectivity index (χ0) is 19.2. The van der Waals surface area contributed by atoms with E-state index in [2.05, 4.69) is 14.7 Å². The van der Waals surface area contributed by atoms with E-state index in [9.17, 15) is 18.4 Å². The summed E-state index contributed by atoms with van der Waals surface area (Å²) in [6.07, 6.45) is 2.99. The summed E-state index contributed by atoms with van der Waals surface area (Å²) in [7, 11) is 0. The van der Waals surface area contributed by atoms with E-state index in [4.69, 9.17) is 11.6 Å². The molecule has 2 aromatic carbocycles. The Balaban J connectivity index is 2.01. The summed E-state index contributed by atoms with van der Waals surface area (Å²) >= 11 is 4.77. The number of hydrogen-bond donors (Lipinski definition) is 1. The van der Waals surface area contributed by atoms with Crippen molar-refractivity contribution in [3.63, 3.8) is 0 Å². The van der Waals surface area contributed by atoms with E-state index in [-0.39, 0.29) is 22.3 Å². The molecule has 4 aromatic rings. The number of nitrogens with zero attached hydrogens (tertiary/aromatic N) is 2. The van der Waals surface area contributed by atoms with Gasteiger partial charge >= 0.3 is 11.3 Å². The normalized spacial score (nSPS) is 11.8. The van der Waals surface area contributed by atoms with Crippen LogP contribution in [0.5, 0.6) is 5.75 Å². The maximum Gasteiger partial charge on any atom is 0.487 e. The lowest BCUT2D eigenvalue weighted by Gasteiger charge is -2.12. The Morgan fingerprint density at radius 1 is 1.07 bits per heavy atom. The Morgan fingerprint density at radius 3 is 2.63 bits per heavy atom.